The number of nitrogens with zero attached hydrogens (tertiary/aromatic N) is 2. The van der Waals surface area contributed by atoms with E-state index in [0.29, 0.717) is 34.4 Å². The van der Waals surface area contributed by atoms with Gasteiger partial charge < -0.3 is 10.3 Å². The van der Waals surface area contributed by atoms with Gasteiger partial charge in [0.05, 0.1) is 16.3 Å². The molecule has 3 rings (SSSR count). The van der Waals surface area contributed by atoms with Gasteiger partial charge in [0, 0.05) is 6.42 Å². The number of anilines is 1. The molecule has 106 valence electrons. The minimum atomic E-state index is 0.386. The maximum atomic E-state index is 6.00. The summed E-state index contributed by atoms with van der Waals surface area (Å²) in [7, 11) is 0. The van der Waals surface area contributed by atoms with Crippen molar-refractivity contribution in [2.45, 2.75) is 13.3 Å². The average molecular weight is 300 g/mol. The Morgan fingerprint density at radius 1 is 1.14 bits per heavy atom. The lowest BCUT2D eigenvalue weighted by Crippen LogP contribution is -1.93. The van der Waals surface area contributed by atoms with Gasteiger partial charge in [0.15, 0.2) is 5.82 Å². The van der Waals surface area contributed by atoms with Crippen LogP contribution in [0.4, 0.5) is 5.69 Å². The molecule has 0 fully saturated rings. The first kappa shape index (κ1) is 13.6. The van der Waals surface area contributed by atoms with Crippen molar-refractivity contribution in [3.05, 3.63) is 64.4 Å². The fourth-order valence-corrected chi connectivity index (χ4v) is 2.22. The lowest BCUT2D eigenvalue weighted by Gasteiger charge is -2.01. The first-order valence-corrected chi connectivity index (χ1v) is 6.94. The number of para-hydroxylation sites is 1. The smallest absolute Gasteiger partial charge is 0.260 e. The summed E-state index contributed by atoms with van der Waals surface area (Å²) < 4.78 is 5.28. The molecule has 4 nitrogen and oxygen atoms in total. The van der Waals surface area contributed by atoms with E-state index in [1.165, 1.54) is 5.56 Å². The SMILES string of the molecule is Cc1ccc(Cc2noc(-c3cccc(Cl)c3N)n2)cc1. The van der Waals surface area contributed by atoms with Crippen LogP contribution >= 0.6 is 11.6 Å². The molecule has 3 aromatic rings. The molecular weight excluding hydrogens is 286 g/mol. The Balaban J connectivity index is 1.86. The zero-order valence-electron chi connectivity index (χ0n) is 11.5. The molecule has 21 heavy (non-hydrogen) atoms. The molecular formula is C16H14ClN3O. The molecule has 0 amide bonds. The van der Waals surface area contributed by atoms with Gasteiger partial charge in [-0.15, -0.1) is 0 Å². The van der Waals surface area contributed by atoms with E-state index in [0.717, 1.165) is 5.56 Å². The van der Waals surface area contributed by atoms with Gasteiger partial charge in [-0.2, -0.15) is 4.98 Å². The summed E-state index contributed by atoms with van der Waals surface area (Å²) in [6.45, 7) is 2.05. The molecule has 0 unspecified atom stereocenters. The third kappa shape index (κ3) is 2.90. The molecule has 0 saturated heterocycles. The van der Waals surface area contributed by atoms with Crippen molar-refractivity contribution in [2.75, 3.05) is 5.73 Å². The Hall–Kier alpha value is -2.33. The van der Waals surface area contributed by atoms with E-state index in [1.54, 1.807) is 12.1 Å². The first-order chi connectivity index (χ1) is 10.1. The Labute approximate surface area is 127 Å². The van der Waals surface area contributed by atoms with E-state index in [1.807, 2.05) is 6.07 Å². The van der Waals surface area contributed by atoms with Crippen LogP contribution in [0.1, 0.15) is 17.0 Å². The molecule has 2 N–H and O–H groups in total. The summed E-state index contributed by atoms with van der Waals surface area (Å²) in [5, 5.41) is 4.47. The van der Waals surface area contributed by atoms with Crippen LogP contribution in [0, 0.1) is 6.92 Å². The van der Waals surface area contributed by atoms with E-state index in [-0.39, 0.29) is 0 Å². The zero-order chi connectivity index (χ0) is 14.8. The van der Waals surface area contributed by atoms with Gasteiger partial charge in [-0.25, -0.2) is 0 Å². The van der Waals surface area contributed by atoms with Crippen molar-refractivity contribution in [3.63, 3.8) is 0 Å². The van der Waals surface area contributed by atoms with Crippen LogP contribution in [0.25, 0.3) is 11.5 Å². The number of nitrogens with two attached hydrogens (primary N) is 1. The van der Waals surface area contributed by atoms with Crippen LogP contribution < -0.4 is 5.73 Å². The third-order valence-corrected chi connectivity index (χ3v) is 3.56. The second-order valence-corrected chi connectivity index (χ2v) is 5.29. The maximum Gasteiger partial charge on any atom is 0.260 e. The van der Waals surface area contributed by atoms with Crippen molar-refractivity contribution in [3.8, 4) is 11.5 Å². The quantitative estimate of drug-likeness (QED) is 0.746. The normalized spacial score (nSPS) is 10.8. The number of aryl methyl sites for hydroxylation is 1. The van der Waals surface area contributed by atoms with Gasteiger partial charge in [0.1, 0.15) is 0 Å². The predicted molar refractivity (Wildman–Crippen MR) is 83.1 cm³/mol. The first-order valence-electron chi connectivity index (χ1n) is 6.56. The van der Waals surface area contributed by atoms with Crippen LogP contribution in [-0.2, 0) is 6.42 Å². The molecule has 0 aliphatic heterocycles. The Kier molecular flexibility index (Phi) is 3.62. The van der Waals surface area contributed by atoms with Crippen LogP contribution in [-0.4, -0.2) is 10.1 Å². The summed E-state index contributed by atoms with van der Waals surface area (Å²) in [6.07, 6.45) is 0.615. The minimum Gasteiger partial charge on any atom is -0.397 e. The molecule has 0 saturated carbocycles. The van der Waals surface area contributed by atoms with E-state index in [9.17, 15) is 0 Å². The number of hydrogen-bond acceptors (Lipinski definition) is 4. The highest BCUT2D eigenvalue weighted by Gasteiger charge is 2.13. The number of halogens is 1. The van der Waals surface area contributed by atoms with E-state index in [4.69, 9.17) is 21.9 Å². The van der Waals surface area contributed by atoms with Gasteiger partial charge in [-0.05, 0) is 24.6 Å². The summed E-state index contributed by atoms with van der Waals surface area (Å²) in [5.74, 6) is 1.00. The van der Waals surface area contributed by atoms with E-state index < -0.39 is 0 Å². The van der Waals surface area contributed by atoms with Gasteiger partial charge in [-0.3, -0.25) is 0 Å². The minimum absolute atomic E-state index is 0.386. The van der Waals surface area contributed by atoms with Crippen molar-refractivity contribution in [2.24, 2.45) is 0 Å². The van der Waals surface area contributed by atoms with Crippen LogP contribution in [0.15, 0.2) is 47.0 Å². The molecule has 0 bridgehead atoms. The maximum absolute atomic E-state index is 6.00. The zero-order valence-corrected chi connectivity index (χ0v) is 12.3. The van der Waals surface area contributed by atoms with Crippen LogP contribution in [0.2, 0.25) is 5.02 Å². The number of benzene rings is 2. The molecule has 1 heterocycles. The highest BCUT2D eigenvalue weighted by atomic mass is 35.5. The number of hydrogen-bond donors (Lipinski definition) is 1. The Bertz CT molecular complexity index is 765. The molecule has 0 atom stereocenters. The summed E-state index contributed by atoms with van der Waals surface area (Å²) >= 11 is 6.00. The average Bonchev–Trinajstić information content (AvgIpc) is 2.93. The summed E-state index contributed by atoms with van der Waals surface area (Å²) in [4.78, 5) is 4.38. The van der Waals surface area contributed by atoms with Crippen LogP contribution in [0.3, 0.4) is 0 Å². The monoisotopic (exact) mass is 299 g/mol. The second-order valence-electron chi connectivity index (χ2n) is 4.88. The molecule has 0 aliphatic carbocycles. The molecule has 5 heteroatoms. The lowest BCUT2D eigenvalue weighted by atomic mass is 10.1. The molecule has 0 spiro atoms. The number of aromatic nitrogens is 2. The van der Waals surface area contributed by atoms with Gasteiger partial charge >= 0.3 is 0 Å². The van der Waals surface area contributed by atoms with Gasteiger partial charge in [0.2, 0.25) is 0 Å². The van der Waals surface area contributed by atoms with Crippen LogP contribution in [0.5, 0.6) is 0 Å². The number of nitrogen functional groups attached to an aromatic ring is 1. The van der Waals surface area contributed by atoms with E-state index >= 15 is 0 Å². The van der Waals surface area contributed by atoms with Crippen molar-refractivity contribution in [1.82, 2.24) is 10.1 Å². The molecule has 1 aromatic heterocycles. The molecule has 2 aromatic carbocycles. The Morgan fingerprint density at radius 3 is 2.67 bits per heavy atom. The molecule has 0 aliphatic rings. The largest absolute Gasteiger partial charge is 0.397 e. The summed E-state index contributed by atoms with van der Waals surface area (Å²) in [6, 6.07) is 13.6. The topological polar surface area (TPSA) is 64.9 Å². The fraction of sp³-hybridized carbons (Fsp3) is 0.125. The van der Waals surface area contributed by atoms with Crippen molar-refractivity contribution < 1.29 is 4.52 Å². The second kappa shape index (κ2) is 5.58. The highest BCUT2D eigenvalue weighted by Crippen LogP contribution is 2.30. The standard InChI is InChI=1S/C16H14ClN3O/c1-10-5-7-11(8-6-10)9-14-19-16(21-20-14)12-3-2-4-13(17)15(12)18/h2-8H,9,18H2,1H3. The highest BCUT2D eigenvalue weighted by molar-refractivity contribution is 6.33. The molecule has 0 radical (unpaired) electrons. The predicted octanol–water partition coefficient (Wildman–Crippen LogP) is 3.87. The number of rotatable bonds is 3. The Morgan fingerprint density at radius 2 is 1.90 bits per heavy atom. The van der Waals surface area contributed by atoms with Crippen molar-refractivity contribution >= 4 is 17.3 Å². The fourth-order valence-electron chi connectivity index (χ4n) is 2.05. The lowest BCUT2D eigenvalue weighted by molar-refractivity contribution is 0.424. The summed E-state index contributed by atoms with van der Waals surface area (Å²) in [5.41, 5.74) is 9.39. The van der Waals surface area contributed by atoms with Crippen molar-refractivity contribution in [1.29, 1.82) is 0 Å². The van der Waals surface area contributed by atoms with Gasteiger partial charge in [-0.1, -0.05) is 52.7 Å². The van der Waals surface area contributed by atoms with Gasteiger partial charge in [0.25, 0.3) is 5.89 Å². The van der Waals surface area contributed by atoms with E-state index in [2.05, 4.69) is 41.3 Å². The third-order valence-electron chi connectivity index (χ3n) is 3.23.